The number of likely N-dealkylation sites (tertiary alicyclic amines) is 1. The zero-order chi connectivity index (χ0) is 14.6. The quantitative estimate of drug-likeness (QED) is 0.850. The predicted octanol–water partition coefficient (Wildman–Crippen LogP) is 2.28. The molecule has 2 heterocycles. The first-order valence-electron chi connectivity index (χ1n) is 7.16. The van der Waals surface area contributed by atoms with Crippen molar-refractivity contribution in [3.05, 3.63) is 18.3 Å². The first kappa shape index (κ1) is 14.8. The molecule has 1 aromatic rings. The summed E-state index contributed by atoms with van der Waals surface area (Å²) >= 11 is 0. The summed E-state index contributed by atoms with van der Waals surface area (Å²) < 4.78 is 5.77. The lowest BCUT2D eigenvalue weighted by atomic mass is 9.91. The minimum atomic E-state index is 0.0457. The van der Waals surface area contributed by atoms with Gasteiger partial charge < -0.3 is 9.64 Å². The molecule has 0 atom stereocenters. The van der Waals surface area contributed by atoms with Gasteiger partial charge in [-0.1, -0.05) is 20.8 Å². The van der Waals surface area contributed by atoms with Crippen LogP contribution in [0.15, 0.2) is 18.3 Å². The smallest absolute Gasteiger partial charge is 0.233 e. The van der Waals surface area contributed by atoms with E-state index in [0.29, 0.717) is 12.3 Å². The molecule has 20 heavy (non-hydrogen) atoms. The molecule has 1 aromatic heterocycles. The lowest BCUT2D eigenvalue weighted by molar-refractivity contribution is -0.134. The third-order valence-electron chi connectivity index (χ3n) is 3.31. The predicted molar refractivity (Wildman–Crippen MR) is 76.3 cm³/mol. The van der Waals surface area contributed by atoms with Crippen molar-refractivity contribution in [2.24, 2.45) is 5.41 Å². The molecule has 1 aliphatic heterocycles. The van der Waals surface area contributed by atoms with E-state index in [2.05, 4.69) is 31.0 Å². The maximum atomic E-state index is 12.1. The first-order chi connectivity index (χ1) is 9.44. The Kier molecular flexibility index (Phi) is 4.57. The van der Waals surface area contributed by atoms with Crippen molar-refractivity contribution in [1.29, 1.82) is 0 Å². The highest BCUT2D eigenvalue weighted by atomic mass is 16.5. The Morgan fingerprint density at radius 3 is 2.65 bits per heavy atom. The normalized spacial score (nSPS) is 17.1. The second kappa shape index (κ2) is 6.20. The van der Waals surface area contributed by atoms with Gasteiger partial charge in [0.05, 0.1) is 0 Å². The van der Waals surface area contributed by atoms with Crippen LogP contribution in [0.1, 0.15) is 40.0 Å². The standard InChI is InChI=1S/C15H23N3O2/c1-15(2,3)11-14(19)18-9-6-12(7-10-18)20-13-5-4-8-16-17-13/h4-5,8,12H,6-7,9-11H2,1-3H3. The summed E-state index contributed by atoms with van der Waals surface area (Å²) in [6, 6.07) is 3.62. The number of carbonyl (C=O) groups excluding carboxylic acids is 1. The third-order valence-corrected chi connectivity index (χ3v) is 3.31. The van der Waals surface area contributed by atoms with Gasteiger partial charge in [-0.2, -0.15) is 5.10 Å². The maximum absolute atomic E-state index is 12.1. The van der Waals surface area contributed by atoms with E-state index in [-0.39, 0.29) is 17.4 Å². The van der Waals surface area contributed by atoms with Crippen molar-refractivity contribution in [3.8, 4) is 5.88 Å². The summed E-state index contributed by atoms with van der Waals surface area (Å²) in [7, 11) is 0. The Bertz CT molecular complexity index is 434. The Hall–Kier alpha value is -1.65. The molecule has 0 unspecified atom stereocenters. The third kappa shape index (κ3) is 4.47. The molecule has 0 bridgehead atoms. The van der Waals surface area contributed by atoms with Gasteiger partial charge in [0.2, 0.25) is 11.8 Å². The highest BCUT2D eigenvalue weighted by molar-refractivity contribution is 5.76. The lowest BCUT2D eigenvalue weighted by Crippen LogP contribution is -2.42. The zero-order valence-electron chi connectivity index (χ0n) is 12.5. The number of rotatable bonds is 3. The molecule has 1 amide bonds. The number of nitrogens with zero attached hydrogens (tertiary/aromatic N) is 3. The number of aromatic nitrogens is 2. The molecule has 0 spiro atoms. The van der Waals surface area contributed by atoms with Crippen LogP contribution in [0.5, 0.6) is 5.88 Å². The highest BCUT2D eigenvalue weighted by Gasteiger charge is 2.26. The molecular weight excluding hydrogens is 254 g/mol. The summed E-state index contributed by atoms with van der Waals surface area (Å²) in [6.45, 7) is 7.80. The topological polar surface area (TPSA) is 55.3 Å². The largest absolute Gasteiger partial charge is 0.473 e. The monoisotopic (exact) mass is 277 g/mol. The number of ether oxygens (including phenoxy) is 1. The Labute approximate surface area is 120 Å². The van der Waals surface area contributed by atoms with E-state index in [1.165, 1.54) is 0 Å². The van der Waals surface area contributed by atoms with Crippen LogP contribution in [0.2, 0.25) is 0 Å². The molecule has 0 radical (unpaired) electrons. The highest BCUT2D eigenvalue weighted by Crippen LogP contribution is 2.22. The fourth-order valence-corrected chi connectivity index (χ4v) is 2.31. The first-order valence-corrected chi connectivity index (χ1v) is 7.16. The minimum absolute atomic E-state index is 0.0457. The van der Waals surface area contributed by atoms with Gasteiger partial charge in [-0.15, -0.1) is 5.10 Å². The summed E-state index contributed by atoms with van der Waals surface area (Å²) in [6.07, 6.45) is 4.06. The molecule has 0 aromatic carbocycles. The van der Waals surface area contributed by atoms with Crippen LogP contribution < -0.4 is 4.74 Å². The van der Waals surface area contributed by atoms with Crippen molar-refractivity contribution < 1.29 is 9.53 Å². The van der Waals surface area contributed by atoms with E-state index in [1.54, 1.807) is 6.20 Å². The van der Waals surface area contributed by atoms with Crippen LogP contribution in [-0.2, 0) is 4.79 Å². The van der Waals surface area contributed by atoms with Crippen LogP contribution in [0, 0.1) is 5.41 Å². The second-order valence-electron chi connectivity index (χ2n) is 6.50. The number of amides is 1. The van der Waals surface area contributed by atoms with Crippen LogP contribution in [0.3, 0.4) is 0 Å². The fourth-order valence-electron chi connectivity index (χ4n) is 2.31. The molecular formula is C15H23N3O2. The molecule has 2 rings (SSSR count). The van der Waals surface area contributed by atoms with Gasteiger partial charge >= 0.3 is 0 Å². The summed E-state index contributed by atoms with van der Waals surface area (Å²) in [4.78, 5) is 14.1. The van der Waals surface area contributed by atoms with E-state index in [4.69, 9.17) is 4.74 Å². The second-order valence-corrected chi connectivity index (χ2v) is 6.50. The molecule has 5 nitrogen and oxygen atoms in total. The van der Waals surface area contributed by atoms with Crippen LogP contribution in [-0.4, -0.2) is 40.2 Å². The number of hydrogen-bond donors (Lipinski definition) is 0. The van der Waals surface area contributed by atoms with Crippen molar-refractivity contribution in [2.45, 2.75) is 46.1 Å². The van der Waals surface area contributed by atoms with E-state index < -0.39 is 0 Å². The van der Waals surface area contributed by atoms with E-state index in [0.717, 1.165) is 25.9 Å². The molecule has 0 N–H and O–H groups in total. The summed E-state index contributed by atoms with van der Waals surface area (Å²) in [5.41, 5.74) is 0.0457. The molecule has 0 aliphatic carbocycles. The molecule has 5 heteroatoms. The van der Waals surface area contributed by atoms with Crippen LogP contribution >= 0.6 is 0 Å². The van der Waals surface area contributed by atoms with Crippen molar-refractivity contribution >= 4 is 5.91 Å². The van der Waals surface area contributed by atoms with E-state index >= 15 is 0 Å². The molecule has 110 valence electrons. The number of hydrogen-bond acceptors (Lipinski definition) is 4. The molecule has 1 fully saturated rings. The van der Waals surface area contributed by atoms with Gasteiger partial charge in [-0.25, -0.2) is 0 Å². The molecule has 0 saturated carbocycles. The van der Waals surface area contributed by atoms with Gasteiger partial charge in [-0.3, -0.25) is 4.79 Å². The maximum Gasteiger partial charge on any atom is 0.233 e. The zero-order valence-corrected chi connectivity index (χ0v) is 12.5. The average Bonchev–Trinajstić information content (AvgIpc) is 2.39. The summed E-state index contributed by atoms with van der Waals surface area (Å²) in [5.74, 6) is 0.808. The van der Waals surface area contributed by atoms with E-state index in [1.807, 2.05) is 17.0 Å². The molecule has 1 aliphatic rings. The Morgan fingerprint density at radius 2 is 2.10 bits per heavy atom. The lowest BCUT2D eigenvalue weighted by Gasteiger charge is -2.33. The van der Waals surface area contributed by atoms with Gasteiger partial charge in [0.1, 0.15) is 6.10 Å². The van der Waals surface area contributed by atoms with Crippen molar-refractivity contribution in [2.75, 3.05) is 13.1 Å². The van der Waals surface area contributed by atoms with Crippen molar-refractivity contribution in [1.82, 2.24) is 15.1 Å². The Morgan fingerprint density at radius 1 is 1.40 bits per heavy atom. The Balaban J connectivity index is 1.79. The van der Waals surface area contributed by atoms with Crippen LogP contribution in [0.4, 0.5) is 0 Å². The van der Waals surface area contributed by atoms with Crippen LogP contribution in [0.25, 0.3) is 0 Å². The SMILES string of the molecule is CC(C)(C)CC(=O)N1CCC(Oc2cccnn2)CC1. The minimum Gasteiger partial charge on any atom is -0.473 e. The average molecular weight is 277 g/mol. The van der Waals surface area contributed by atoms with Crippen molar-refractivity contribution in [3.63, 3.8) is 0 Å². The number of piperidine rings is 1. The molecule has 1 saturated heterocycles. The van der Waals surface area contributed by atoms with Gasteiger partial charge in [0.15, 0.2) is 0 Å². The van der Waals surface area contributed by atoms with Gasteiger partial charge in [-0.05, 0) is 11.5 Å². The fraction of sp³-hybridized carbons (Fsp3) is 0.667. The summed E-state index contributed by atoms with van der Waals surface area (Å²) in [5, 5.41) is 7.72. The number of carbonyl (C=O) groups is 1. The van der Waals surface area contributed by atoms with Gasteiger partial charge in [0, 0.05) is 44.6 Å². The van der Waals surface area contributed by atoms with E-state index in [9.17, 15) is 4.79 Å². The van der Waals surface area contributed by atoms with Gasteiger partial charge in [0.25, 0.3) is 0 Å².